The van der Waals surface area contributed by atoms with Crippen LogP contribution in [-0.4, -0.2) is 27.0 Å². The molecule has 0 saturated carbocycles. The van der Waals surface area contributed by atoms with E-state index < -0.39 is 15.1 Å². The van der Waals surface area contributed by atoms with E-state index >= 15 is 0 Å². The number of sulfone groups is 1. The molecule has 19 heavy (non-hydrogen) atoms. The van der Waals surface area contributed by atoms with Crippen molar-refractivity contribution in [2.75, 3.05) is 13.3 Å². The van der Waals surface area contributed by atoms with Crippen molar-refractivity contribution >= 4 is 47.2 Å². The van der Waals surface area contributed by atoms with Crippen LogP contribution in [0, 0.1) is 0 Å². The third-order valence-corrected chi connectivity index (χ3v) is 6.97. The molecule has 1 heterocycles. The Hall–Kier alpha value is -0.430. The monoisotopic (exact) mass is 361 g/mol. The van der Waals surface area contributed by atoms with Gasteiger partial charge in [0.1, 0.15) is 0 Å². The van der Waals surface area contributed by atoms with Gasteiger partial charge in [-0.2, -0.15) is 0 Å². The van der Waals surface area contributed by atoms with Gasteiger partial charge in [-0.15, -0.1) is 11.3 Å². The molecule has 2 atom stereocenters. The molecule has 2 unspecified atom stereocenters. The van der Waals surface area contributed by atoms with E-state index in [1.165, 1.54) is 6.26 Å². The van der Waals surface area contributed by atoms with Crippen molar-refractivity contribution in [1.82, 2.24) is 5.32 Å². The molecule has 0 aliphatic heterocycles. The van der Waals surface area contributed by atoms with Gasteiger partial charge in [-0.3, -0.25) is 0 Å². The SMILES string of the molecule is CNC(c1csc2c(Br)cccc12)C(C)S(C)(=O)=O. The Morgan fingerprint density at radius 1 is 1.37 bits per heavy atom. The van der Waals surface area contributed by atoms with Gasteiger partial charge in [0.25, 0.3) is 0 Å². The predicted molar refractivity (Wildman–Crippen MR) is 85.6 cm³/mol. The number of fused-ring (bicyclic) bond motifs is 1. The summed E-state index contributed by atoms with van der Waals surface area (Å²) in [6.45, 7) is 1.75. The van der Waals surface area contributed by atoms with Gasteiger partial charge >= 0.3 is 0 Å². The minimum atomic E-state index is -3.09. The molecule has 2 rings (SSSR count). The van der Waals surface area contributed by atoms with Gasteiger partial charge in [0.15, 0.2) is 9.84 Å². The Morgan fingerprint density at radius 3 is 2.63 bits per heavy atom. The van der Waals surface area contributed by atoms with Gasteiger partial charge in [-0.25, -0.2) is 8.42 Å². The van der Waals surface area contributed by atoms with Gasteiger partial charge in [-0.1, -0.05) is 12.1 Å². The van der Waals surface area contributed by atoms with Gasteiger partial charge < -0.3 is 5.32 Å². The Labute approximate surface area is 126 Å². The third kappa shape index (κ3) is 2.86. The number of hydrogen-bond donors (Lipinski definition) is 1. The quantitative estimate of drug-likeness (QED) is 0.907. The van der Waals surface area contributed by atoms with Crippen molar-refractivity contribution in [2.45, 2.75) is 18.2 Å². The van der Waals surface area contributed by atoms with Gasteiger partial charge in [0.2, 0.25) is 0 Å². The summed E-state index contributed by atoms with van der Waals surface area (Å²) in [5, 5.41) is 5.82. The van der Waals surface area contributed by atoms with E-state index in [-0.39, 0.29) is 6.04 Å². The summed E-state index contributed by atoms with van der Waals surface area (Å²) in [6, 6.07) is 5.81. The van der Waals surface area contributed by atoms with Crippen molar-refractivity contribution in [3.05, 3.63) is 33.6 Å². The number of rotatable bonds is 4. The standard InChI is InChI=1S/C13H16BrNO2S2/c1-8(19(3,16)17)12(15-2)10-7-18-13-9(10)5-4-6-11(13)14/h4-8,12,15H,1-3H3. The van der Waals surface area contributed by atoms with Crippen molar-refractivity contribution in [1.29, 1.82) is 0 Å². The van der Waals surface area contributed by atoms with Crippen molar-refractivity contribution in [2.24, 2.45) is 0 Å². The first-order valence-corrected chi connectivity index (χ1v) is 9.50. The Kier molecular flexibility index (Phi) is 4.35. The highest BCUT2D eigenvalue weighted by Crippen LogP contribution is 2.36. The lowest BCUT2D eigenvalue weighted by Gasteiger charge is -2.22. The first kappa shape index (κ1) is 15.0. The van der Waals surface area contributed by atoms with Gasteiger partial charge in [0, 0.05) is 21.5 Å². The summed E-state index contributed by atoms with van der Waals surface area (Å²) in [5.41, 5.74) is 1.04. The van der Waals surface area contributed by atoms with E-state index in [1.54, 1.807) is 25.3 Å². The maximum absolute atomic E-state index is 11.8. The summed E-state index contributed by atoms with van der Waals surface area (Å²) in [4.78, 5) is 0. The van der Waals surface area contributed by atoms with Crippen LogP contribution in [0.3, 0.4) is 0 Å². The average Bonchev–Trinajstić information content (AvgIpc) is 2.74. The van der Waals surface area contributed by atoms with Crippen LogP contribution >= 0.6 is 27.3 Å². The molecule has 2 aromatic rings. The zero-order valence-corrected chi connectivity index (χ0v) is 14.2. The van der Waals surface area contributed by atoms with E-state index in [0.29, 0.717) is 0 Å². The van der Waals surface area contributed by atoms with E-state index in [0.717, 1.165) is 20.1 Å². The first-order chi connectivity index (χ1) is 8.86. The van der Waals surface area contributed by atoms with Crippen LogP contribution in [0.2, 0.25) is 0 Å². The molecule has 1 N–H and O–H groups in total. The van der Waals surface area contributed by atoms with Crippen LogP contribution in [0.1, 0.15) is 18.5 Å². The van der Waals surface area contributed by atoms with E-state index in [2.05, 4.69) is 21.2 Å². The summed E-state index contributed by atoms with van der Waals surface area (Å²) < 4.78 is 25.8. The van der Waals surface area contributed by atoms with Gasteiger partial charge in [0.05, 0.1) is 5.25 Å². The van der Waals surface area contributed by atoms with E-state index in [4.69, 9.17) is 0 Å². The third-order valence-electron chi connectivity index (χ3n) is 3.37. The maximum Gasteiger partial charge on any atom is 0.151 e. The first-order valence-electron chi connectivity index (χ1n) is 5.88. The predicted octanol–water partition coefficient (Wildman–Crippen LogP) is 3.36. The second kappa shape index (κ2) is 5.52. The Bertz CT molecular complexity index is 694. The maximum atomic E-state index is 11.8. The number of nitrogens with one attached hydrogen (secondary N) is 1. The molecule has 3 nitrogen and oxygen atoms in total. The normalized spacial score (nSPS) is 15.6. The zero-order valence-electron chi connectivity index (χ0n) is 11.0. The molecule has 0 fully saturated rings. The second-order valence-electron chi connectivity index (χ2n) is 4.61. The van der Waals surface area contributed by atoms with Crippen LogP contribution in [-0.2, 0) is 9.84 Å². The smallest absolute Gasteiger partial charge is 0.151 e. The van der Waals surface area contributed by atoms with Crippen molar-refractivity contribution in [3.8, 4) is 0 Å². The summed E-state index contributed by atoms with van der Waals surface area (Å²) in [6.07, 6.45) is 1.28. The molecule has 0 amide bonds. The van der Waals surface area contributed by atoms with Crippen molar-refractivity contribution < 1.29 is 8.42 Å². The van der Waals surface area contributed by atoms with Crippen molar-refractivity contribution in [3.63, 3.8) is 0 Å². The Balaban J connectivity index is 2.56. The molecule has 1 aromatic heterocycles. The molecule has 6 heteroatoms. The van der Waals surface area contributed by atoms with Gasteiger partial charge in [-0.05, 0) is 52.3 Å². The molecule has 0 radical (unpaired) electrons. The number of benzene rings is 1. The summed E-state index contributed by atoms with van der Waals surface area (Å²) in [7, 11) is -1.29. The van der Waals surface area contributed by atoms with Crippen LogP contribution < -0.4 is 5.32 Å². The molecule has 0 aliphatic rings. The molecule has 1 aromatic carbocycles. The summed E-state index contributed by atoms with van der Waals surface area (Å²) in [5.74, 6) is 0. The lowest BCUT2D eigenvalue weighted by atomic mass is 10.0. The lowest BCUT2D eigenvalue weighted by molar-refractivity contribution is 0.537. The summed E-state index contributed by atoms with van der Waals surface area (Å²) >= 11 is 5.16. The zero-order chi connectivity index (χ0) is 14.2. The lowest BCUT2D eigenvalue weighted by Crippen LogP contribution is -2.32. The molecular weight excluding hydrogens is 346 g/mol. The Morgan fingerprint density at radius 2 is 2.05 bits per heavy atom. The minimum Gasteiger partial charge on any atom is -0.312 e. The van der Waals surface area contributed by atoms with Crippen LogP contribution in [0.5, 0.6) is 0 Å². The van der Waals surface area contributed by atoms with Crippen LogP contribution in [0.15, 0.2) is 28.1 Å². The van der Waals surface area contributed by atoms with E-state index in [1.807, 2.05) is 23.6 Å². The fraction of sp³-hybridized carbons (Fsp3) is 0.385. The highest BCUT2D eigenvalue weighted by Gasteiger charge is 2.28. The molecule has 0 saturated heterocycles. The van der Waals surface area contributed by atoms with Crippen LogP contribution in [0.4, 0.5) is 0 Å². The number of hydrogen-bond acceptors (Lipinski definition) is 4. The molecule has 0 aliphatic carbocycles. The highest BCUT2D eigenvalue weighted by atomic mass is 79.9. The van der Waals surface area contributed by atoms with E-state index in [9.17, 15) is 8.42 Å². The minimum absolute atomic E-state index is 0.196. The largest absolute Gasteiger partial charge is 0.312 e. The number of halogens is 1. The molecule has 0 bridgehead atoms. The second-order valence-corrected chi connectivity index (χ2v) is 8.75. The fourth-order valence-electron chi connectivity index (χ4n) is 2.17. The molecular formula is C13H16BrNO2S2. The topological polar surface area (TPSA) is 46.2 Å². The highest BCUT2D eigenvalue weighted by molar-refractivity contribution is 9.10. The molecule has 0 spiro atoms. The molecule has 104 valence electrons. The fourth-order valence-corrected chi connectivity index (χ4v) is 4.61. The van der Waals surface area contributed by atoms with Crippen LogP contribution in [0.25, 0.3) is 10.1 Å². The average molecular weight is 362 g/mol. The number of thiophene rings is 1.